The van der Waals surface area contributed by atoms with Crippen LogP contribution in [-0.4, -0.2) is 16.2 Å². The molecular formula is C49H41N5. The molecule has 5 nitrogen and oxygen atoms in total. The Hall–Kier alpha value is -6.72. The third-order valence-electron chi connectivity index (χ3n) is 10.8. The van der Waals surface area contributed by atoms with Crippen LogP contribution in [0.4, 0.5) is 17.1 Å². The molecule has 0 radical (unpaired) electrons. The zero-order valence-corrected chi connectivity index (χ0v) is 30.6. The SMILES string of the molecule is C=C(N=C(N=C(N)c1ccccc1)c1ccccc1)c1ccc2c(c1)C(C)(C)c1cc3c(cc1N2c1ccccc1)c1ccccc1n3C1=CC=CCC1. The Balaban J connectivity index is 1.22. The Labute approximate surface area is 316 Å². The first-order valence-electron chi connectivity index (χ1n) is 18.5. The molecule has 1 aliphatic heterocycles. The maximum atomic E-state index is 6.54. The molecule has 2 heterocycles. The molecular weight excluding hydrogens is 659 g/mol. The third kappa shape index (κ3) is 5.66. The van der Waals surface area contributed by atoms with Gasteiger partial charge in [-0.3, -0.25) is 0 Å². The Morgan fingerprint density at radius 3 is 2.04 bits per heavy atom. The topological polar surface area (TPSA) is 58.9 Å². The van der Waals surface area contributed by atoms with Gasteiger partial charge >= 0.3 is 0 Å². The van der Waals surface area contributed by atoms with Gasteiger partial charge in [-0.25, -0.2) is 9.98 Å². The molecule has 5 heteroatoms. The van der Waals surface area contributed by atoms with Crippen molar-refractivity contribution in [1.29, 1.82) is 0 Å². The molecule has 0 amide bonds. The van der Waals surface area contributed by atoms with Crippen LogP contribution in [0.2, 0.25) is 0 Å². The van der Waals surface area contributed by atoms with E-state index >= 15 is 0 Å². The number of anilines is 3. The molecule has 262 valence electrons. The fourth-order valence-electron chi connectivity index (χ4n) is 8.04. The lowest BCUT2D eigenvalue weighted by molar-refractivity contribution is 0.632. The van der Waals surface area contributed by atoms with Gasteiger partial charge in [0.1, 0.15) is 5.84 Å². The quantitative estimate of drug-likeness (QED) is 0.139. The van der Waals surface area contributed by atoms with Gasteiger partial charge in [0.05, 0.1) is 28.1 Å². The summed E-state index contributed by atoms with van der Waals surface area (Å²) in [6.07, 6.45) is 8.75. The molecule has 0 unspecified atom stereocenters. The van der Waals surface area contributed by atoms with Crippen LogP contribution in [0, 0.1) is 0 Å². The number of rotatable bonds is 6. The summed E-state index contributed by atoms with van der Waals surface area (Å²) < 4.78 is 2.48. The van der Waals surface area contributed by atoms with E-state index in [0.29, 0.717) is 17.4 Å². The van der Waals surface area contributed by atoms with E-state index in [1.165, 1.54) is 44.3 Å². The number of para-hydroxylation sites is 2. The fourth-order valence-corrected chi connectivity index (χ4v) is 8.04. The maximum Gasteiger partial charge on any atom is 0.162 e. The lowest BCUT2D eigenvalue weighted by atomic mass is 9.72. The number of benzene rings is 6. The van der Waals surface area contributed by atoms with E-state index in [9.17, 15) is 0 Å². The Morgan fingerprint density at radius 1 is 0.648 bits per heavy atom. The number of aromatic nitrogens is 1. The first kappa shape index (κ1) is 33.1. The molecule has 1 aliphatic carbocycles. The van der Waals surface area contributed by atoms with Crippen molar-refractivity contribution >= 4 is 61.9 Å². The fraction of sp³-hybridized carbons (Fsp3) is 0.102. The number of amidine groups is 2. The zero-order valence-electron chi connectivity index (χ0n) is 30.6. The van der Waals surface area contributed by atoms with Crippen LogP contribution < -0.4 is 10.6 Å². The third-order valence-corrected chi connectivity index (χ3v) is 10.8. The van der Waals surface area contributed by atoms with Gasteiger partial charge < -0.3 is 15.2 Å². The molecule has 0 atom stereocenters. The first-order valence-corrected chi connectivity index (χ1v) is 18.5. The van der Waals surface area contributed by atoms with Gasteiger partial charge in [-0.15, -0.1) is 0 Å². The second kappa shape index (κ2) is 13.4. The zero-order chi connectivity index (χ0) is 36.8. The van der Waals surface area contributed by atoms with Gasteiger partial charge in [0, 0.05) is 44.3 Å². The second-order valence-corrected chi connectivity index (χ2v) is 14.5. The highest BCUT2D eigenvalue weighted by Gasteiger charge is 2.38. The van der Waals surface area contributed by atoms with Crippen molar-refractivity contribution in [1.82, 2.24) is 4.57 Å². The Bertz CT molecular complexity index is 2690. The molecule has 1 aromatic heterocycles. The number of aliphatic imine (C=N–C) groups is 2. The lowest BCUT2D eigenvalue weighted by Gasteiger charge is -2.42. The van der Waals surface area contributed by atoms with Crippen molar-refractivity contribution in [2.75, 3.05) is 4.90 Å². The van der Waals surface area contributed by atoms with Crippen molar-refractivity contribution in [3.8, 4) is 0 Å². The van der Waals surface area contributed by atoms with E-state index < -0.39 is 0 Å². The van der Waals surface area contributed by atoms with E-state index in [-0.39, 0.29) is 5.41 Å². The van der Waals surface area contributed by atoms with Gasteiger partial charge in [-0.1, -0.05) is 136 Å². The first-order chi connectivity index (χ1) is 26.4. The van der Waals surface area contributed by atoms with Crippen molar-refractivity contribution in [2.45, 2.75) is 32.1 Å². The second-order valence-electron chi connectivity index (χ2n) is 14.5. The van der Waals surface area contributed by atoms with Crippen molar-refractivity contribution in [3.05, 3.63) is 198 Å². The van der Waals surface area contributed by atoms with E-state index in [1.807, 2.05) is 60.7 Å². The Morgan fingerprint density at radius 2 is 1.31 bits per heavy atom. The summed E-state index contributed by atoms with van der Waals surface area (Å²) in [5, 5.41) is 2.51. The average Bonchev–Trinajstić information content (AvgIpc) is 3.55. The molecule has 0 bridgehead atoms. The van der Waals surface area contributed by atoms with Gasteiger partial charge in [0.15, 0.2) is 5.84 Å². The normalized spacial score (nSPS) is 15.2. The van der Waals surface area contributed by atoms with Crippen LogP contribution in [0.25, 0.3) is 33.2 Å². The summed E-state index contributed by atoms with van der Waals surface area (Å²) in [4.78, 5) is 12.3. The van der Waals surface area contributed by atoms with Crippen LogP contribution in [0.3, 0.4) is 0 Å². The van der Waals surface area contributed by atoms with Crippen LogP contribution in [-0.2, 0) is 5.41 Å². The average molecular weight is 700 g/mol. The molecule has 0 fully saturated rings. The van der Waals surface area contributed by atoms with Crippen LogP contribution in [0.15, 0.2) is 180 Å². The highest BCUT2D eigenvalue weighted by Crippen LogP contribution is 2.54. The van der Waals surface area contributed by atoms with Gasteiger partial charge in [0.2, 0.25) is 0 Å². The molecule has 6 aromatic carbocycles. The molecule has 0 spiro atoms. The largest absolute Gasteiger partial charge is 0.383 e. The summed E-state index contributed by atoms with van der Waals surface area (Å²) in [6.45, 7) is 9.17. The predicted octanol–water partition coefficient (Wildman–Crippen LogP) is 11.9. The summed E-state index contributed by atoms with van der Waals surface area (Å²) in [5.41, 5.74) is 19.1. The van der Waals surface area contributed by atoms with Gasteiger partial charge in [-0.05, 0) is 72.5 Å². The highest BCUT2D eigenvalue weighted by atomic mass is 15.2. The molecule has 9 rings (SSSR count). The molecule has 7 aromatic rings. The molecule has 0 saturated carbocycles. The van der Waals surface area contributed by atoms with Crippen molar-refractivity contribution in [2.24, 2.45) is 15.7 Å². The van der Waals surface area contributed by atoms with Crippen LogP contribution in [0.1, 0.15) is 54.5 Å². The van der Waals surface area contributed by atoms with Crippen molar-refractivity contribution < 1.29 is 0 Å². The maximum absolute atomic E-state index is 6.54. The number of nitrogens with zero attached hydrogens (tertiary/aromatic N) is 4. The monoisotopic (exact) mass is 699 g/mol. The lowest BCUT2D eigenvalue weighted by Crippen LogP contribution is -2.31. The molecule has 2 aliphatic rings. The van der Waals surface area contributed by atoms with E-state index in [2.05, 4.69) is 133 Å². The number of nitrogens with two attached hydrogens (primary N) is 1. The molecule has 2 N–H and O–H groups in total. The minimum Gasteiger partial charge on any atom is -0.383 e. The van der Waals surface area contributed by atoms with Gasteiger partial charge in [-0.2, -0.15) is 0 Å². The van der Waals surface area contributed by atoms with E-state index in [0.717, 1.165) is 40.9 Å². The van der Waals surface area contributed by atoms with Crippen LogP contribution in [0.5, 0.6) is 0 Å². The van der Waals surface area contributed by atoms with E-state index in [1.54, 1.807) is 0 Å². The number of fused-ring (bicyclic) bond motifs is 5. The Kier molecular flexibility index (Phi) is 8.20. The standard InChI is InChI=1S/C49H41N5/c1-33(51-48(35-20-10-5-11-21-35)52-47(50)34-18-8-4-9-19-34)36-28-29-44-41(30-36)49(2,3)42-32-45-40(31-46(42)54(44)38-24-14-7-15-25-38)39-26-16-17-27-43(39)53(45)37-22-12-6-13-23-37/h4-12,14-22,24-32H,1,13,23H2,2-3H3,(H2,50,51,52). The summed E-state index contributed by atoms with van der Waals surface area (Å²) >= 11 is 0. The summed E-state index contributed by atoms with van der Waals surface area (Å²) in [5.74, 6) is 0.911. The molecule has 54 heavy (non-hydrogen) atoms. The summed E-state index contributed by atoms with van der Waals surface area (Å²) in [7, 11) is 0. The predicted molar refractivity (Wildman–Crippen MR) is 228 cm³/mol. The summed E-state index contributed by atoms with van der Waals surface area (Å²) in [6, 6.07) is 50.7. The smallest absolute Gasteiger partial charge is 0.162 e. The van der Waals surface area contributed by atoms with E-state index in [4.69, 9.17) is 15.7 Å². The number of allylic oxidation sites excluding steroid dienone is 4. The molecule has 0 saturated heterocycles. The number of hydrogen-bond donors (Lipinski definition) is 1. The number of hydrogen-bond acceptors (Lipinski definition) is 2. The highest BCUT2D eigenvalue weighted by molar-refractivity contribution is 6.13. The minimum absolute atomic E-state index is 0.357. The van der Waals surface area contributed by atoms with Gasteiger partial charge in [0.25, 0.3) is 0 Å². The minimum atomic E-state index is -0.357. The van der Waals surface area contributed by atoms with Crippen molar-refractivity contribution in [3.63, 3.8) is 0 Å². The van der Waals surface area contributed by atoms with Crippen LogP contribution >= 0.6 is 0 Å².